The maximum atomic E-state index is 11.6. The SMILES string of the molecule is CCS(=O)(=O)CC(C)N(C)CC1(C)CCNC1. The molecule has 0 spiro atoms. The molecule has 4 nitrogen and oxygen atoms in total. The second kappa shape index (κ2) is 5.67. The molecule has 2 atom stereocenters. The molecule has 0 aromatic heterocycles. The standard InChI is InChI=1S/C12H26N2O2S/c1-5-17(15,16)8-11(2)14(4)10-12(3)6-7-13-9-12/h11,13H,5-10H2,1-4H3. The lowest BCUT2D eigenvalue weighted by molar-refractivity contribution is 0.178. The van der Waals surface area contributed by atoms with E-state index < -0.39 is 9.84 Å². The molecule has 1 heterocycles. The first-order chi connectivity index (χ1) is 7.78. The van der Waals surface area contributed by atoms with Gasteiger partial charge in [-0.2, -0.15) is 0 Å². The molecule has 17 heavy (non-hydrogen) atoms. The van der Waals surface area contributed by atoms with Crippen molar-refractivity contribution in [2.45, 2.75) is 33.2 Å². The maximum Gasteiger partial charge on any atom is 0.151 e. The van der Waals surface area contributed by atoms with Gasteiger partial charge in [-0.05, 0) is 32.4 Å². The van der Waals surface area contributed by atoms with E-state index in [1.54, 1.807) is 6.92 Å². The van der Waals surface area contributed by atoms with Crippen LogP contribution in [0.25, 0.3) is 0 Å². The van der Waals surface area contributed by atoms with E-state index in [2.05, 4.69) is 17.1 Å². The Kier molecular flexibility index (Phi) is 4.98. The maximum absolute atomic E-state index is 11.6. The van der Waals surface area contributed by atoms with Crippen LogP contribution in [0.5, 0.6) is 0 Å². The average molecular weight is 262 g/mol. The lowest BCUT2D eigenvalue weighted by Crippen LogP contribution is -2.42. The molecule has 102 valence electrons. The Bertz CT molecular complexity index is 334. The zero-order valence-electron chi connectivity index (χ0n) is 11.5. The summed E-state index contributed by atoms with van der Waals surface area (Å²) in [6.45, 7) is 9.05. The number of nitrogens with zero attached hydrogens (tertiary/aromatic N) is 1. The molecule has 1 aliphatic rings. The van der Waals surface area contributed by atoms with Crippen LogP contribution in [0.4, 0.5) is 0 Å². The molecular weight excluding hydrogens is 236 g/mol. The summed E-state index contributed by atoms with van der Waals surface area (Å²) in [4.78, 5) is 2.18. The highest BCUT2D eigenvalue weighted by Crippen LogP contribution is 2.25. The normalized spacial score (nSPS) is 27.6. The third-order valence-corrected chi connectivity index (χ3v) is 5.65. The molecule has 0 aromatic carbocycles. The Morgan fingerprint density at radius 1 is 1.47 bits per heavy atom. The molecule has 0 aromatic rings. The number of rotatable bonds is 6. The molecule has 0 amide bonds. The van der Waals surface area contributed by atoms with Crippen molar-refractivity contribution in [3.05, 3.63) is 0 Å². The molecule has 1 N–H and O–H groups in total. The number of hydrogen-bond acceptors (Lipinski definition) is 4. The monoisotopic (exact) mass is 262 g/mol. The van der Waals surface area contributed by atoms with Crippen LogP contribution in [-0.4, -0.2) is 57.5 Å². The van der Waals surface area contributed by atoms with Crippen molar-refractivity contribution in [2.75, 3.05) is 38.2 Å². The molecule has 0 saturated carbocycles. The quantitative estimate of drug-likeness (QED) is 0.767. The van der Waals surface area contributed by atoms with Crippen molar-refractivity contribution >= 4 is 9.84 Å². The van der Waals surface area contributed by atoms with E-state index >= 15 is 0 Å². The number of hydrogen-bond donors (Lipinski definition) is 1. The van der Waals surface area contributed by atoms with Gasteiger partial charge in [0.1, 0.15) is 0 Å². The van der Waals surface area contributed by atoms with Crippen LogP contribution < -0.4 is 5.32 Å². The van der Waals surface area contributed by atoms with E-state index in [0.29, 0.717) is 5.41 Å². The van der Waals surface area contributed by atoms with Crippen molar-refractivity contribution in [3.8, 4) is 0 Å². The van der Waals surface area contributed by atoms with Gasteiger partial charge in [-0.3, -0.25) is 0 Å². The third-order valence-electron chi connectivity index (χ3n) is 3.78. The summed E-state index contributed by atoms with van der Waals surface area (Å²) >= 11 is 0. The van der Waals surface area contributed by atoms with E-state index in [1.807, 2.05) is 14.0 Å². The summed E-state index contributed by atoms with van der Waals surface area (Å²) in [6.07, 6.45) is 1.17. The smallest absolute Gasteiger partial charge is 0.151 e. The van der Waals surface area contributed by atoms with E-state index in [9.17, 15) is 8.42 Å². The van der Waals surface area contributed by atoms with Gasteiger partial charge in [0.05, 0.1) is 5.75 Å². The van der Waals surface area contributed by atoms with Crippen LogP contribution in [0, 0.1) is 5.41 Å². The summed E-state index contributed by atoms with van der Waals surface area (Å²) in [6, 6.07) is 0.0948. The molecule has 0 bridgehead atoms. The Balaban J connectivity index is 2.49. The van der Waals surface area contributed by atoms with Crippen molar-refractivity contribution in [1.82, 2.24) is 10.2 Å². The fourth-order valence-electron chi connectivity index (χ4n) is 2.37. The first kappa shape index (κ1) is 14.9. The minimum absolute atomic E-state index is 0.0948. The summed E-state index contributed by atoms with van der Waals surface area (Å²) < 4.78 is 23.2. The third kappa shape index (κ3) is 4.56. The van der Waals surface area contributed by atoms with Gasteiger partial charge in [0.15, 0.2) is 9.84 Å². The second-order valence-corrected chi connectivity index (χ2v) is 8.10. The van der Waals surface area contributed by atoms with Gasteiger partial charge in [0, 0.05) is 24.9 Å². The summed E-state index contributed by atoms with van der Waals surface area (Å²) in [7, 11) is -0.847. The zero-order chi connectivity index (χ0) is 13.1. The highest BCUT2D eigenvalue weighted by Gasteiger charge is 2.31. The number of nitrogens with one attached hydrogen (secondary N) is 1. The predicted molar refractivity (Wildman–Crippen MR) is 72.0 cm³/mol. The lowest BCUT2D eigenvalue weighted by atomic mass is 9.89. The molecule has 1 aliphatic heterocycles. The average Bonchev–Trinajstić information content (AvgIpc) is 2.64. The van der Waals surface area contributed by atoms with Crippen LogP contribution >= 0.6 is 0 Å². The zero-order valence-corrected chi connectivity index (χ0v) is 12.3. The Morgan fingerprint density at radius 2 is 2.12 bits per heavy atom. The molecular formula is C12H26N2O2S. The minimum atomic E-state index is -2.87. The molecule has 1 fully saturated rings. The first-order valence-electron chi connectivity index (χ1n) is 6.39. The highest BCUT2D eigenvalue weighted by atomic mass is 32.2. The van der Waals surface area contributed by atoms with E-state index in [4.69, 9.17) is 0 Å². The van der Waals surface area contributed by atoms with Crippen LogP contribution in [0.3, 0.4) is 0 Å². The van der Waals surface area contributed by atoms with Crippen molar-refractivity contribution in [3.63, 3.8) is 0 Å². The molecule has 0 radical (unpaired) electrons. The van der Waals surface area contributed by atoms with Crippen LogP contribution in [0.2, 0.25) is 0 Å². The van der Waals surface area contributed by atoms with Crippen LogP contribution in [-0.2, 0) is 9.84 Å². The van der Waals surface area contributed by atoms with Crippen LogP contribution in [0.15, 0.2) is 0 Å². The van der Waals surface area contributed by atoms with Crippen LogP contribution in [0.1, 0.15) is 27.2 Å². The van der Waals surface area contributed by atoms with Crippen molar-refractivity contribution in [1.29, 1.82) is 0 Å². The second-order valence-electron chi connectivity index (χ2n) is 5.70. The number of sulfone groups is 1. The van der Waals surface area contributed by atoms with Gasteiger partial charge in [-0.25, -0.2) is 8.42 Å². The summed E-state index contributed by atoms with van der Waals surface area (Å²) in [5, 5.41) is 3.37. The Labute approximate surface area is 106 Å². The predicted octanol–water partition coefficient (Wildman–Crippen LogP) is 0.741. The molecule has 0 aliphatic carbocycles. The Morgan fingerprint density at radius 3 is 2.59 bits per heavy atom. The lowest BCUT2D eigenvalue weighted by Gasteiger charge is -2.33. The Hall–Kier alpha value is -0.130. The van der Waals surface area contributed by atoms with Gasteiger partial charge >= 0.3 is 0 Å². The molecule has 5 heteroatoms. The fraction of sp³-hybridized carbons (Fsp3) is 1.00. The molecule has 1 rings (SSSR count). The van der Waals surface area contributed by atoms with E-state index in [1.165, 1.54) is 6.42 Å². The first-order valence-corrected chi connectivity index (χ1v) is 8.21. The fourth-order valence-corrected chi connectivity index (χ4v) is 3.60. The van der Waals surface area contributed by atoms with Gasteiger partial charge in [0.2, 0.25) is 0 Å². The summed E-state index contributed by atoms with van der Waals surface area (Å²) in [5.41, 5.74) is 0.291. The van der Waals surface area contributed by atoms with Crippen molar-refractivity contribution in [2.24, 2.45) is 5.41 Å². The van der Waals surface area contributed by atoms with Gasteiger partial charge in [-0.15, -0.1) is 0 Å². The summed E-state index contributed by atoms with van der Waals surface area (Å²) in [5.74, 6) is 0.507. The van der Waals surface area contributed by atoms with Crippen molar-refractivity contribution < 1.29 is 8.42 Å². The van der Waals surface area contributed by atoms with Gasteiger partial charge in [0.25, 0.3) is 0 Å². The topological polar surface area (TPSA) is 49.4 Å². The minimum Gasteiger partial charge on any atom is -0.316 e. The highest BCUT2D eigenvalue weighted by molar-refractivity contribution is 7.91. The van der Waals surface area contributed by atoms with E-state index in [-0.39, 0.29) is 17.5 Å². The van der Waals surface area contributed by atoms with E-state index in [0.717, 1.165) is 19.6 Å². The molecule has 1 saturated heterocycles. The largest absolute Gasteiger partial charge is 0.316 e. The molecule has 2 unspecified atom stereocenters. The van der Waals surface area contributed by atoms with Gasteiger partial charge in [-0.1, -0.05) is 13.8 Å². The van der Waals surface area contributed by atoms with Gasteiger partial charge < -0.3 is 10.2 Å².